The number of nitrogens with zero attached hydrogens (tertiary/aromatic N) is 4. The van der Waals surface area contributed by atoms with Crippen molar-refractivity contribution in [2.24, 2.45) is 12.0 Å². The molecule has 6 bridgehead atoms. The number of aryl methyl sites for hydroxylation is 2. The fourth-order valence-corrected chi connectivity index (χ4v) is 5.54. The van der Waals surface area contributed by atoms with Gasteiger partial charge in [0.05, 0.1) is 35.6 Å². The Kier molecular flexibility index (Phi) is 4.87. The second-order valence-electron chi connectivity index (χ2n) is 9.58. The van der Waals surface area contributed by atoms with E-state index in [1.807, 2.05) is 17.9 Å². The minimum absolute atomic E-state index is 0.548. The molecule has 0 saturated heterocycles. The molecule has 2 aliphatic heterocycles. The van der Waals surface area contributed by atoms with Crippen LogP contribution in [0.2, 0.25) is 0 Å². The van der Waals surface area contributed by atoms with Gasteiger partial charge in [0.2, 0.25) is 0 Å². The molecule has 0 unspecified atom stereocenters. The van der Waals surface area contributed by atoms with E-state index in [9.17, 15) is 0 Å². The van der Waals surface area contributed by atoms with Crippen molar-refractivity contribution < 1.29 is 0 Å². The predicted molar refractivity (Wildman–Crippen MR) is 143 cm³/mol. The van der Waals surface area contributed by atoms with E-state index < -0.39 is 0 Å². The second-order valence-corrected chi connectivity index (χ2v) is 9.58. The highest BCUT2D eigenvalue weighted by atomic mass is 15.3. The van der Waals surface area contributed by atoms with Crippen LogP contribution in [0.1, 0.15) is 33.8 Å². The lowest BCUT2D eigenvalue weighted by atomic mass is 9.96. The number of pyridine rings is 1. The number of nitrogens with one attached hydrogen (secondary N) is 3. The summed E-state index contributed by atoms with van der Waals surface area (Å²) >= 11 is 0. The Morgan fingerprint density at radius 2 is 1.83 bits per heavy atom. The van der Waals surface area contributed by atoms with E-state index in [0.29, 0.717) is 13.2 Å². The molecule has 5 aromatic rings. The number of benzene rings is 2. The van der Waals surface area contributed by atoms with Gasteiger partial charge in [0, 0.05) is 43.1 Å². The van der Waals surface area contributed by atoms with Gasteiger partial charge in [-0.05, 0) is 52.9 Å². The molecule has 3 N–H and O–H groups in total. The fraction of sp³-hybridized carbons (Fsp3) is 0.207. The predicted octanol–water partition coefficient (Wildman–Crippen LogP) is 4.44. The standard InChI is InChI=1S/C29H27N7/c1-17-26-21-7-4-8-24(26)35-27(17)29-28-20(13-31-16-32-29)9-10-23(34-28)22-14-33-36(2)25(22)15-30-12-18-5-3-6-19(21)11-18/h3-11,14,30-31,35H,12-13,15-16H2,1-2H3. The molecule has 0 spiro atoms. The molecule has 2 aliphatic rings. The number of hydrogen-bond acceptors (Lipinski definition) is 5. The van der Waals surface area contributed by atoms with Crippen molar-refractivity contribution in [3.63, 3.8) is 0 Å². The number of aliphatic imine (C=N–C) groups is 1. The molecule has 0 atom stereocenters. The van der Waals surface area contributed by atoms with E-state index in [0.717, 1.165) is 58.2 Å². The Bertz CT molecular complexity index is 1670. The van der Waals surface area contributed by atoms with Crippen molar-refractivity contribution in [2.75, 3.05) is 6.67 Å². The van der Waals surface area contributed by atoms with E-state index in [-0.39, 0.29) is 0 Å². The molecule has 2 aromatic carbocycles. The molecule has 5 heterocycles. The Balaban J connectivity index is 1.53. The molecular weight excluding hydrogens is 446 g/mol. The first kappa shape index (κ1) is 21.2. The second kappa shape index (κ2) is 8.26. The Hall–Kier alpha value is -4.07. The van der Waals surface area contributed by atoms with Gasteiger partial charge in [0.15, 0.2) is 0 Å². The summed E-state index contributed by atoms with van der Waals surface area (Å²) < 4.78 is 1.94. The molecule has 7 rings (SSSR count). The lowest BCUT2D eigenvalue weighted by Gasteiger charge is -2.13. The zero-order valence-corrected chi connectivity index (χ0v) is 20.4. The zero-order chi connectivity index (χ0) is 24.2. The van der Waals surface area contributed by atoms with Crippen LogP contribution in [0.15, 0.2) is 65.8 Å². The highest BCUT2D eigenvalue weighted by molar-refractivity contribution is 6.16. The van der Waals surface area contributed by atoms with Crippen molar-refractivity contribution in [3.8, 4) is 22.4 Å². The molecular formula is C29H27N7. The lowest BCUT2D eigenvalue weighted by molar-refractivity contribution is 0.627. The maximum absolute atomic E-state index is 5.20. The molecule has 3 aromatic heterocycles. The van der Waals surface area contributed by atoms with E-state index in [2.05, 4.69) is 82.2 Å². The summed E-state index contributed by atoms with van der Waals surface area (Å²) in [5, 5.41) is 12.9. The lowest BCUT2D eigenvalue weighted by Crippen LogP contribution is -2.16. The third kappa shape index (κ3) is 3.31. The topological polar surface area (TPSA) is 82.9 Å². The maximum atomic E-state index is 5.20. The summed E-state index contributed by atoms with van der Waals surface area (Å²) in [4.78, 5) is 13.9. The largest absolute Gasteiger partial charge is 0.353 e. The van der Waals surface area contributed by atoms with Gasteiger partial charge < -0.3 is 10.3 Å². The van der Waals surface area contributed by atoms with Crippen LogP contribution < -0.4 is 10.6 Å². The summed E-state index contributed by atoms with van der Waals surface area (Å²) in [7, 11) is 1.99. The van der Waals surface area contributed by atoms with Crippen molar-refractivity contribution >= 4 is 16.6 Å². The third-order valence-corrected chi connectivity index (χ3v) is 7.38. The number of hydrogen-bond donors (Lipinski definition) is 3. The summed E-state index contributed by atoms with van der Waals surface area (Å²) in [5.41, 5.74) is 13.1. The van der Waals surface area contributed by atoms with Gasteiger partial charge in [-0.1, -0.05) is 36.4 Å². The molecule has 7 nitrogen and oxygen atoms in total. The van der Waals surface area contributed by atoms with Crippen LogP contribution in [0.5, 0.6) is 0 Å². The Morgan fingerprint density at radius 1 is 0.917 bits per heavy atom. The fourth-order valence-electron chi connectivity index (χ4n) is 5.54. The van der Waals surface area contributed by atoms with Gasteiger partial charge >= 0.3 is 0 Å². The first-order valence-electron chi connectivity index (χ1n) is 12.4. The molecule has 178 valence electrons. The monoisotopic (exact) mass is 473 g/mol. The minimum atomic E-state index is 0.548. The average molecular weight is 474 g/mol. The smallest absolute Gasteiger partial charge is 0.109 e. The van der Waals surface area contributed by atoms with Crippen LogP contribution in [0, 0.1) is 6.92 Å². The molecule has 0 aliphatic carbocycles. The number of fused-ring (bicyclic) bond motifs is 8. The van der Waals surface area contributed by atoms with Gasteiger partial charge in [0.25, 0.3) is 0 Å². The molecule has 0 fully saturated rings. The van der Waals surface area contributed by atoms with Crippen molar-refractivity contribution in [1.82, 2.24) is 30.4 Å². The van der Waals surface area contributed by atoms with E-state index >= 15 is 0 Å². The van der Waals surface area contributed by atoms with Gasteiger partial charge in [-0.25, -0.2) is 4.98 Å². The molecule has 0 radical (unpaired) electrons. The first-order chi connectivity index (χ1) is 17.7. The summed E-state index contributed by atoms with van der Waals surface area (Å²) in [6.07, 6.45) is 1.92. The average Bonchev–Trinajstić information content (AvgIpc) is 3.35. The van der Waals surface area contributed by atoms with Gasteiger partial charge in [0.1, 0.15) is 5.71 Å². The van der Waals surface area contributed by atoms with Crippen LogP contribution in [0.4, 0.5) is 0 Å². The maximum Gasteiger partial charge on any atom is 0.109 e. The highest BCUT2D eigenvalue weighted by Gasteiger charge is 2.24. The first-order valence-corrected chi connectivity index (χ1v) is 12.4. The van der Waals surface area contributed by atoms with Crippen molar-refractivity contribution in [2.45, 2.75) is 26.6 Å². The third-order valence-electron chi connectivity index (χ3n) is 7.38. The number of aromatic nitrogens is 4. The van der Waals surface area contributed by atoms with Crippen LogP contribution >= 0.6 is 0 Å². The Morgan fingerprint density at radius 3 is 2.78 bits per heavy atom. The van der Waals surface area contributed by atoms with Gasteiger partial charge in [-0.3, -0.25) is 15.0 Å². The summed E-state index contributed by atoms with van der Waals surface area (Å²) in [6.45, 7) is 4.94. The Labute approximate surface area is 209 Å². The van der Waals surface area contributed by atoms with Crippen LogP contribution in [0.3, 0.4) is 0 Å². The number of H-pyrrole nitrogens is 1. The van der Waals surface area contributed by atoms with Crippen molar-refractivity contribution in [1.29, 1.82) is 0 Å². The van der Waals surface area contributed by atoms with Crippen LogP contribution in [0.25, 0.3) is 33.3 Å². The summed E-state index contributed by atoms with van der Waals surface area (Å²) in [6, 6.07) is 19.6. The van der Waals surface area contributed by atoms with E-state index in [1.54, 1.807) is 0 Å². The number of aromatic amines is 1. The zero-order valence-electron chi connectivity index (χ0n) is 20.4. The van der Waals surface area contributed by atoms with E-state index in [1.165, 1.54) is 27.6 Å². The quantitative estimate of drug-likeness (QED) is 0.311. The molecule has 36 heavy (non-hydrogen) atoms. The highest BCUT2D eigenvalue weighted by Crippen LogP contribution is 2.35. The molecule has 0 amide bonds. The van der Waals surface area contributed by atoms with Gasteiger partial charge in [-0.2, -0.15) is 5.10 Å². The number of rotatable bonds is 0. The molecule has 0 saturated carbocycles. The van der Waals surface area contributed by atoms with E-state index in [4.69, 9.17) is 9.98 Å². The normalized spacial score (nSPS) is 15.0. The SMILES string of the molecule is Cc1c2[nH]c3cccc(c13)-c1cccc(c1)CNCc1c(cnn1C)-c1ccc3c(n1)C2=NCNC3. The minimum Gasteiger partial charge on any atom is -0.353 e. The van der Waals surface area contributed by atoms with Crippen LogP contribution in [-0.2, 0) is 26.7 Å². The molecule has 7 heteroatoms. The summed E-state index contributed by atoms with van der Waals surface area (Å²) in [5.74, 6) is 0. The van der Waals surface area contributed by atoms with Gasteiger partial charge in [-0.15, -0.1) is 0 Å². The van der Waals surface area contributed by atoms with Crippen LogP contribution in [-0.4, -0.2) is 32.1 Å². The van der Waals surface area contributed by atoms with Crippen molar-refractivity contribution in [3.05, 3.63) is 94.6 Å².